The summed E-state index contributed by atoms with van der Waals surface area (Å²) >= 11 is 6.32. The van der Waals surface area contributed by atoms with E-state index in [4.69, 9.17) is 21.1 Å². The average molecular weight is 428 g/mol. The molecule has 2 atom stereocenters. The average Bonchev–Trinajstić information content (AvgIpc) is 3.31. The van der Waals surface area contributed by atoms with Crippen molar-refractivity contribution in [2.45, 2.75) is 31.1 Å². The van der Waals surface area contributed by atoms with Crippen molar-refractivity contribution in [3.63, 3.8) is 0 Å². The first-order valence-electron chi connectivity index (χ1n) is 9.00. The van der Waals surface area contributed by atoms with Crippen LogP contribution in [-0.2, 0) is 11.0 Å². The zero-order valence-corrected chi connectivity index (χ0v) is 15.8. The Hall–Kier alpha value is -2.45. The van der Waals surface area contributed by atoms with Gasteiger partial charge in [-0.05, 0) is 54.3 Å². The molecule has 2 aliphatic rings. The summed E-state index contributed by atoms with van der Waals surface area (Å²) in [7, 11) is 0. The highest BCUT2D eigenvalue weighted by Crippen LogP contribution is 2.43. The van der Waals surface area contributed by atoms with Gasteiger partial charge in [-0.25, -0.2) is 0 Å². The fraction of sp³-hybridized carbons (Fsp3) is 0.350. The minimum atomic E-state index is -4.55. The summed E-state index contributed by atoms with van der Waals surface area (Å²) in [6.07, 6.45) is -3.52. The van der Waals surface area contributed by atoms with Gasteiger partial charge in [0.25, 0.3) is 0 Å². The van der Waals surface area contributed by atoms with Gasteiger partial charge in [-0.1, -0.05) is 17.7 Å². The molecule has 0 bridgehead atoms. The molecule has 4 rings (SSSR count). The zero-order valence-electron chi connectivity index (χ0n) is 15.1. The van der Waals surface area contributed by atoms with Crippen LogP contribution in [0.25, 0.3) is 0 Å². The molecular weight excluding hydrogens is 411 g/mol. The van der Waals surface area contributed by atoms with Gasteiger partial charge in [0.1, 0.15) is 6.04 Å². The minimum Gasteiger partial charge on any atom is -0.480 e. The number of carbonyl (C=O) groups is 1. The van der Waals surface area contributed by atoms with Crippen molar-refractivity contribution in [2.24, 2.45) is 0 Å². The van der Waals surface area contributed by atoms with E-state index in [-0.39, 0.29) is 17.4 Å². The number of rotatable bonds is 4. The quantitative estimate of drug-likeness (QED) is 0.764. The fourth-order valence-corrected chi connectivity index (χ4v) is 4.15. The van der Waals surface area contributed by atoms with Crippen LogP contribution in [0, 0.1) is 0 Å². The van der Waals surface area contributed by atoms with Gasteiger partial charge in [-0.3, -0.25) is 9.69 Å². The first-order chi connectivity index (χ1) is 13.8. The molecule has 1 N–H and O–H groups in total. The van der Waals surface area contributed by atoms with E-state index >= 15 is 0 Å². The second-order valence-electron chi connectivity index (χ2n) is 6.98. The first-order valence-corrected chi connectivity index (χ1v) is 9.38. The van der Waals surface area contributed by atoms with Crippen molar-refractivity contribution in [1.29, 1.82) is 0 Å². The molecule has 1 fully saturated rings. The predicted octanol–water partition coefficient (Wildman–Crippen LogP) is 4.73. The standard InChI is InChI=1S/C20H17ClF3NO4/c21-14-5-4-12(20(22,23)24)9-13(14)18(25-7-1-2-15(25)19(26)27)11-3-6-16-17(8-11)29-10-28-16/h3-6,8-9,15,18H,1-2,7,10H2,(H,26,27). The van der Waals surface area contributed by atoms with Crippen molar-refractivity contribution in [1.82, 2.24) is 4.90 Å². The number of hydrogen-bond acceptors (Lipinski definition) is 4. The van der Waals surface area contributed by atoms with Gasteiger partial charge in [0.15, 0.2) is 11.5 Å². The monoisotopic (exact) mass is 427 g/mol. The Bertz CT molecular complexity index is 950. The molecule has 2 aliphatic heterocycles. The van der Waals surface area contributed by atoms with Gasteiger partial charge < -0.3 is 14.6 Å². The molecule has 29 heavy (non-hydrogen) atoms. The van der Waals surface area contributed by atoms with Crippen LogP contribution in [0.3, 0.4) is 0 Å². The Kier molecular flexibility index (Phi) is 5.08. The van der Waals surface area contributed by atoms with E-state index in [0.717, 1.165) is 12.1 Å². The molecule has 5 nitrogen and oxygen atoms in total. The number of carboxylic acids is 1. The summed E-state index contributed by atoms with van der Waals surface area (Å²) in [5, 5.41) is 9.77. The summed E-state index contributed by atoms with van der Waals surface area (Å²) in [5.41, 5.74) is -0.0501. The normalized spacial score (nSPS) is 20.1. The third-order valence-electron chi connectivity index (χ3n) is 5.24. The highest BCUT2D eigenvalue weighted by molar-refractivity contribution is 6.31. The van der Waals surface area contributed by atoms with Gasteiger partial charge in [-0.2, -0.15) is 13.2 Å². The molecule has 2 aromatic carbocycles. The molecule has 0 saturated carbocycles. The molecule has 0 spiro atoms. The van der Waals surface area contributed by atoms with Gasteiger partial charge in [0.2, 0.25) is 6.79 Å². The maximum absolute atomic E-state index is 13.3. The van der Waals surface area contributed by atoms with Gasteiger partial charge in [0.05, 0.1) is 11.6 Å². The van der Waals surface area contributed by atoms with Crippen molar-refractivity contribution >= 4 is 17.6 Å². The van der Waals surface area contributed by atoms with E-state index in [2.05, 4.69) is 0 Å². The van der Waals surface area contributed by atoms with Crippen LogP contribution < -0.4 is 9.47 Å². The Morgan fingerprint density at radius 2 is 1.93 bits per heavy atom. The molecule has 2 aromatic rings. The van der Waals surface area contributed by atoms with E-state index < -0.39 is 29.8 Å². The van der Waals surface area contributed by atoms with E-state index in [1.807, 2.05) is 0 Å². The van der Waals surface area contributed by atoms with Crippen LogP contribution in [0.15, 0.2) is 36.4 Å². The lowest BCUT2D eigenvalue weighted by molar-refractivity contribution is -0.143. The fourth-order valence-electron chi connectivity index (χ4n) is 3.93. The number of hydrogen-bond donors (Lipinski definition) is 1. The Balaban J connectivity index is 1.86. The molecule has 0 aliphatic carbocycles. The van der Waals surface area contributed by atoms with Gasteiger partial charge >= 0.3 is 12.1 Å². The molecule has 9 heteroatoms. The van der Waals surface area contributed by atoms with E-state index in [1.54, 1.807) is 23.1 Å². The molecule has 0 radical (unpaired) electrons. The van der Waals surface area contributed by atoms with Crippen LogP contribution in [0.4, 0.5) is 13.2 Å². The Labute approximate surface area is 169 Å². The van der Waals surface area contributed by atoms with Crippen LogP contribution in [0.2, 0.25) is 5.02 Å². The summed E-state index contributed by atoms with van der Waals surface area (Å²) in [4.78, 5) is 13.5. The topological polar surface area (TPSA) is 59.0 Å². The molecular formula is C20H17ClF3NO4. The lowest BCUT2D eigenvalue weighted by atomic mass is 9.94. The summed E-state index contributed by atoms with van der Waals surface area (Å²) in [5.74, 6) is -0.0307. The number of carboxylic acid groups (broad SMARTS) is 1. The van der Waals surface area contributed by atoms with E-state index in [1.165, 1.54) is 6.07 Å². The summed E-state index contributed by atoms with van der Waals surface area (Å²) in [6, 6.07) is 6.55. The largest absolute Gasteiger partial charge is 0.480 e. The lowest BCUT2D eigenvalue weighted by Crippen LogP contribution is -2.39. The summed E-state index contributed by atoms with van der Waals surface area (Å²) in [6.45, 7) is 0.470. The Morgan fingerprint density at radius 1 is 1.17 bits per heavy atom. The second-order valence-corrected chi connectivity index (χ2v) is 7.39. The molecule has 154 valence electrons. The van der Waals surface area contributed by atoms with E-state index in [0.29, 0.717) is 36.4 Å². The second kappa shape index (κ2) is 7.42. The highest BCUT2D eigenvalue weighted by atomic mass is 35.5. The molecule has 0 aromatic heterocycles. The van der Waals surface area contributed by atoms with E-state index in [9.17, 15) is 23.1 Å². The van der Waals surface area contributed by atoms with Crippen molar-refractivity contribution in [3.05, 3.63) is 58.1 Å². The summed E-state index contributed by atoms with van der Waals surface area (Å²) < 4.78 is 50.7. The SMILES string of the molecule is O=C(O)C1CCCN1C(c1ccc2c(c1)OCO2)c1cc(C(F)(F)F)ccc1Cl. The van der Waals surface area contributed by atoms with Crippen LogP contribution in [0.1, 0.15) is 35.6 Å². The number of halogens is 4. The molecule has 2 unspecified atom stereocenters. The van der Waals surface area contributed by atoms with Crippen molar-refractivity contribution in [2.75, 3.05) is 13.3 Å². The van der Waals surface area contributed by atoms with Crippen LogP contribution >= 0.6 is 11.6 Å². The first kappa shape index (κ1) is 19.8. The number of aliphatic carboxylic acids is 1. The number of alkyl halides is 3. The Morgan fingerprint density at radius 3 is 2.66 bits per heavy atom. The molecule has 1 saturated heterocycles. The number of likely N-dealkylation sites (tertiary alicyclic amines) is 1. The smallest absolute Gasteiger partial charge is 0.416 e. The van der Waals surface area contributed by atoms with Crippen LogP contribution in [0.5, 0.6) is 11.5 Å². The third kappa shape index (κ3) is 3.74. The lowest BCUT2D eigenvalue weighted by Gasteiger charge is -2.33. The van der Waals surface area contributed by atoms with Crippen LogP contribution in [-0.4, -0.2) is 35.4 Å². The third-order valence-corrected chi connectivity index (χ3v) is 5.59. The zero-order chi connectivity index (χ0) is 20.8. The molecule has 0 amide bonds. The number of fused-ring (bicyclic) bond motifs is 1. The predicted molar refractivity (Wildman–Crippen MR) is 98.2 cm³/mol. The number of nitrogens with zero attached hydrogens (tertiary/aromatic N) is 1. The van der Waals surface area contributed by atoms with Crippen molar-refractivity contribution in [3.8, 4) is 11.5 Å². The highest BCUT2D eigenvalue weighted by Gasteiger charge is 2.39. The minimum absolute atomic E-state index is 0.0508. The number of ether oxygens (including phenoxy) is 2. The van der Waals surface area contributed by atoms with Crippen molar-refractivity contribution < 1.29 is 32.5 Å². The molecule has 2 heterocycles. The number of benzene rings is 2. The maximum atomic E-state index is 13.3. The van der Waals surface area contributed by atoms with Gasteiger partial charge in [-0.15, -0.1) is 0 Å². The van der Waals surface area contributed by atoms with Gasteiger partial charge in [0, 0.05) is 11.6 Å². The maximum Gasteiger partial charge on any atom is 0.416 e.